The summed E-state index contributed by atoms with van der Waals surface area (Å²) >= 11 is 11.8. The minimum atomic E-state index is -0.195. The van der Waals surface area contributed by atoms with Gasteiger partial charge in [-0.2, -0.15) is 0 Å². The van der Waals surface area contributed by atoms with Crippen LogP contribution in [0.4, 0.5) is 0 Å². The number of ether oxygens (including phenoxy) is 1. The minimum absolute atomic E-state index is 0.195. The molecule has 1 rings (SSSR count). The lowest BCUT2D eigenvalue weighted by Crippen LogP contribution is -2.41. The topological polar surface area (TPSA) is 74.8 Å². The largest absolute Gasteiger partial charge is 0.382 e. The van der Waals surface area contributed by atoms with Crippen molar-refractivity contribution in [2.45, 2.75) is 20.3 Å². The zero-order valence-corrected chi connectivity index (χ0v) is 16.2. The number of hydrogen-bond donors (Lipinski definition) is 3. The van der Waals surface area contributed by atoms with Crippen molar-refractivity contribution in [3.63, 3.8) is 0 Å². The first-order chi connectivity index (χ1) is 12.1. The second-order valence-corrected chi connectivity index (χ2v) is 5.94. The van der Waals surface area contributed by atoms with Gasteiger partial charge in [-0.25, -0.2) is 0 Å². The molecule has 0 heterocycles. The Morgan fingerprint density at radius 3 is 2.56 bits per heavy atom. The van der Waals surface area contributed by atoms with Crippen LogP contribution >= 0.6 is 23.2 Å². The fourth-order valence-electron chi connectivity index (χ4n) is 1.94. The second-order valence-electron chi connectivity index (χ2n) is 5.12. The van der Waals surface area contributed by atoms with Crippen LogP contribution in [0, 0.1) is 0 Å². The third-order valence-electron chi connectivity index (χ3n) is 3.15. The number of halogens is 2. The van der Waals surface area contributed by atoms with Gasteiger partial charge in [-0.05, 0) is 38.5 Å². The molecule has 8 heteroatoms. The SMILES string of the molecule is CCNC(=NCCCOCC)NCCNC(=O)c1ccc(Cl)c(Cl)c1. The Hall–Kier alpha value is -1.50. The van der Waals surface area contributed by atoms with E-state index in [-0.39, 0.29) is 5.91 Å². The summed E-state index contributed by atoms with van der Waals surface area (Å²) in [5.74, 6) is 0.529. The Balaban J connectivity index is 2.33. The zero-order valence-electron chi connectivity index (χ0n) is 14.7. The van der Waals surface area contributed by atoms with Gasteiger partial charge in [-0.15, -0.1) is 0 Å². The molecule has 0 aliphatic carbocycles. The molecule has 0 fully saturated rings. The maximum absolute atomic E-state index is 12.1. The molecule has 6 nitrogen and oxygen atoms in total. The Bertz CT molecular complexity index is 568. The molecule has 0 bridgehead atoms. The monoisotopic (exact) mass is 388 g/mol. The molecule has 140 valence electrons. The average Bonchev–Trinajstić information content (AvgIpc) is 2.60. The second kappa shape index (κ2) is 12.8. The van der Waals surface area contributed by atoms with Crippen LogP contribution < -0.4 is 16.0 Å². The number of aliphatic imine (C=N–C) groups is 1. The lowest BCUT2D eigenvalue weighted by atomic mass is 10.2. The first-order valence-electron chi connectivity index (χ1n) is 8.41. The van der Waals surface area contributed by atoms with Crippen molar-refractivity contribution >= 4 is 35.1 Å². The molecule has 25 heavy (non-hydrogen) atoms. The summed E-state index contributed by atoms with van der Waals surface area (Å²) in [6.45, 7) is 7.88. The summed E-state index contributed by atoms with van der Waals surface area (Å²) in [7, 11) is 0. The van der Waals surface area contributed by atoms with E-state index in [0.717, 1.165) is 25.5 Å². The van der Waals surface area contributed by atoms with Gasteiger partial charge in [0.25, 0.3) is 5.91 Å². The standard InChI is InChI=1S/C17H26Cl2N4O2/c1-3-20-17(22-8-5-11-25-4-2)23-10-9-21-16(24)13-6-7-14(18)15(19)12-13/h6-7,12H,3-5,8-11H2,1-2H3,(H,21,24)(H2,20,22,23). The molecule has 0 atom stereocenters. The molecular formula is C17H26Cl2N4O2. The third-order valence-corrected chi connectivity index (χ3v) is 3.89. The highest BCUT2D eigenvalue weighted by atomic mass is 35.5. The molecule has 3 N–H and O–H groups in total. The van der Waals surface area contributed by atoms with E-state index in [1.54, 1.807) is 18.2 Å². The minimum Gasteiger partial charge on any atom is -0.382 e. The Morgan fingerprint density at radius 1 is 1.12 bits per heavy atom. The fourth-order valence-corrected chi connectivity index (χ4v) is 2.24. The van der Waals surface area contributed by atoms with Gasteiger partial charge in [0.05, 0.1) is 10.0 Å². The summed E-state index contributed by atoms with van der Waals surface area (Å²) in [5, 5.41) is 9.95. The van der Waals surface area contributed by atoms with Gasteiger partial charge in [-0.1, -0.05) is 23.2 Å². The van der Waals surface area contributed by atoms with Crippen molar-refractivity contribution in [2.75, 3.05) is 39.4 Å². The highest BCUT2D eigenvalue weighted by Gasteiger charge is 2.07. The number of rotatable bonds is 10. The highest BCUT2D eigenvalue weighted by Crippen LogP contribution is 2.22. The normalized spacial score (nSPS) is 11.3. The van der Waals surface area contributed by atoms with Crippen LogP contribution in [0.3, 0.4) is 0 Å². The maximum atomic E-state index is 12.1. The molecule has 0 saturated carbocycles. The molecule has 1 aromatic carbocycles. The predicted molar refractivity (Wildman–Crippen MR) is 104 cm³/mol. The summed E-state index contributed by atoms with van der Waals surface area (Å²) in [6, 6.07) is 4.80. The quantitative estimate of drug-likeness (QED) is 0.327. The van der Waals surface area contributed by atoms with Crippen molar-refractivity contribution < 1.29 is 9.53 Å². The molecule has 0 unspecified atom stereocenters. The Morgan fingerprint density at radius 2 is 1.88 bits per heavy atom. The summed E-state index contributed by atoms with van der Waals surface area (Å²) in [4.78, 5) is 16.5. The van der Waals surface area contributed by atoms with Crippen molar-refractivity contribution in [1.29, 1.82) is 0 Å². The van der Waals surface area contributed by atoms with Crippen LogP contribution in [0.5, 0.6) is 0 Å². The molecule has 0 radical (unpaired) electrons. The van der Waals surface area contributed by atoms with Gasteiger partial charge in [-0.3, -0.25) is 9.79 Å². The van der Waals surface area contributed by atoms with Crippen molar-refractivity contribution in [2.24, 2.45) is 4.99 Å². The predicted octanol–water partition coefficient (Wildman–Crippen LogP) is 2.70. The number of carbonyl (C=O) groups excluding carboxylic acids is 1. The van der Waals surface area contributed by atoms with Gasteiger partial charge >= 0.3 is 0 Å². The van der Waals surface area contributed by atoms with Gasteiger partial charge < -0.3 is 20.7 Å². The van der Waals surface area contributed by atoms with Crippen molar-refractivity contribution in [3.05, 3.63) is 33.8 Å². The smallest absolute Gasteiger partial charge is 0.251 e. The number of nitrogens with one attached hydrogen (secondary N) is 3. The molecule has 0 aromatic heterocycles. The maximum Gasteiger partial charge on any atom is 0.251 e. The number of carbonyl (C=O) groups is 1. The van der Waals surface area contributed by atoms with Crippen LogP contribution in [0.1, 0.15) is 30.6 Å². The number of guanidine groups is 1. The van der Waals surface area contributed by atoms with Crippen LogP contribution in [0.25, 0.3) is 0 Å². The van der Waals surface area contributed by atoms with E-state index < -0.39 is 0 Å². The Labute approximate surface area is 159 Å². The van der Waals surface area contributed by atoms with Crippen LogP contribution in [-0.2, 0) is 4.74 Å². The molecule has 0 aliphatic heterocycles. The van der Waals surface area contributed by atoms with E-state index in [0.29, 0.717) is 41.8 Å². The molecule has 0 spiro atoms. The van der Waals surface area contributed by atoms with Gasteiger partial charge in [0.1, 0.15) is 0 Å². The first kappa shape index (κ1) is 21.5. The van der Waals surface area contributed by atoms with Gasteiger partial charge in [0.15, 0.2) is 5.96 Å². The molecule has 0 saturated heterocycles. The van der Waals surface area contributed by atoms with Crippen LogP contribution in [-0.4, -0.2) is 51.3 Å². The number of amides is 1. The van der Waals surface area contributed by atoms with Crippen molar-refractivity contribution in [1.82, 2.24) is 16.0 Å². The van der Waals surface area contributed by atoms with Crippen LogP contribution in [0.2, 0.25) is 10.0 Å². The summed E-state index contributed by atoms with van der Waals surface area (Å²) in [6.07, 6.45) is 0.873. The van der Waals surface area contributed by atoms with Crippen molar-refractivity contribution in [3.8, 4) is 0 Å². The third kappa shape index (κ3) is 8.95. The highest BCUT2D eigenvalue weighted by molar-refractivity contribution is 6.42. The van der Waals surface area contributed by atoms with Crippen LogP contribution in [0.15, 0.2) is 23.2 Å². The summed E-state index contributed by atoms with van der Waals surface area (Å²) in [5.41, 5.74) is 0.478. The first-order valence-corrected chi connectivity index (χ1v) is 9.17. The number of benzene rings is 1. The lowest BCUT2D eigenvalue weighted by Gasteiger charge is -2.12. The van der Waals surface area contributed by atoms with E-state index >= 15 is 0 Å². The van der Waals surface area contributed by atoms with E-state index in [9.17, 15) is 4.79 Å². The molecule has 0 aliphatic rings. The summed E-state index contributed by atoms with van der Waals surface area (Å²) < 4.78 is 5.28. The lowest BCUT2D eigenvalue weighted by molar-refractivity contribution is 0.0954. The molecule has 1 aromatic rings. The Kier molecular flexibility index (Phi) is 11.0. The van der Waals surface area contributed by atoms with E-state index in [1.165, 1.54) is 0 Å². The van der Waals surface area contributed by atoms with E-state index in [4.69, 9.17) is 27.9 Å². The van der Waals surface area contributed by atoms with Gasteiger partial charge in [0, 0.05) is 45.0 Å². The molecule has 1 amide bonds. The fraction of sp³-hybridized carbons (Fsp3) is 0.529. The van der Waals surface area contributed by atoms with Gasteiger partial charge in [0.2, 0.25) is 0 Å². The average molecular weight is 389 g/mol. The number of nitrogens with zero attached hydrogens (tertiary/aromatic N) is 1. The molecular weight excluding hydrogens is 363 g/mol. The number of hydrogen-bond acceptors (Lipinski definition) is 3. The van der Waals surface area contributed by atoms with E-state index in [1.807, 2.05) is 13.8 Å². The zero-order chi connectivity index (χ0) is 18.5. The van der Waals surface area contributed by atoms with E-state index in [2.05, 4.69) is 20.9 Å².